The minimum atomic E-state index is -0.951. The third kappa shape index (κ3) is 3.38. The van der Waals surface area contributed by atoms with Gasteiger partial charge in [0.25, 0.3) is 0 Å². The summed E-state index contributed by atoms with van der Waals surface area (Å²) < 4.78 is 0. The third-order valence-corrected chi connectivity index (χ3v) is 3.29. The molecule has 1 heterocycles. The number of carbonyl (C=O) groups is 2. The number of aliphatic carboxylic acids is 1. The molecule has 0 spiro atoms. The van der Waals surface area contributed by atoms with Crippen molar-refractivity contribution in [3.05, 3.63) is 35.5 Å². The van der Waals surface area contributed by atoms with E-state index < -0.39 is 5.97 Å². The van der Waals surface area contributed by atoms with E-state index in [1.54, 1.807) is 0 Å². The maximum absolute atomic E-state index is 11.4. The number of carboxylic acids is 1. The first-order valence-corrected chi connectivity index (χ1v) is 6.62. The van der Waals surface area contributed by atoms with Crippen molar-refractivity contribution in [2.45, 2.75) is 26.2 Å². The van der Waals surface area contributed by atoms with Gasteiger partial charge >= 0.3 is 5.97 Å². The van der Waals surface area contributed by atoms with Gasteiger partial charge in [0.2, 0.25) is 5.91 Å². The SMILES string of the molecule is Cc1[nH]c2ccccc2c1CCNC(=O)CCC(=O)O. The van der Waals surface area contributed by atoms with Crippen LogP contribution in [0.4, 0.5) is 0 Å². The van der Waals surface area contributed by atoms with Crippen molar-refractivity contribution in [3.63, 3.8) is 0 Å². The van der Waals surface area contributed by atoms with Gasteiger partial charge in [-0.1, -0.05) is 18.2 Å². The summed E-state index contributed by atoms with van der Waals surface area (Å²) in [5, 5.41) is 12.4. The van der Waals surface area contributed by atoms with Gasteiger partial charge in [-0.2, -0.15) is 0 Å². The number of amides is 1. The van der Waals surface area contributed by atoms with Crippen LogP contribution in [0.15, 0.2) is 24.3 Å². The molecule has 20 heavy (non-hydrogen) atoms. The molecule has 1 aromatic carbocycles. The molecule has 2 aromatic rings. The summed E-state index contributed by atoms with van der Waals surface area (Å²) in [6.45, 7) is 2.53. The molecule has 106 valence electrons. The van der Waals surface area contributed by atoms with E-state index in [2.05, 4.69) is 16.4 Å². The Morgan fingerprint density at radius 2 is 2.00 bits per heavy atom. The van der Waals surface area contributed by atoms with E-state index >= 15 is 0 Å². The number of carbonyl (C=O) groups excluding carboxylic acids is 1. The molecule has 0 bridgehead atoms. The lowest BCUT2D eigenvalue weighted by molar-refractivity contribution is -0.138. The summed E-state index contributed by atoms with van der Waals surface area (Å²) in [5.41, 5.74) is 3.39. The summed E-state index contributed by atoms with van der Waals surface area (Å²) in [6.07, 6.45) is 0.634. The quantitative estimate of drug-likeness (QED) is 0.753. The highest BCUT2D eigenvalue weighted by Crippen LogP contribution is 2.21. The van der Waals surface area contributed by atoms with Gasteiger partial charge in [0.1, 0.15) is 0 Å². The molecule has 5 nitrogen and oxygen atoms in total. The molecule has 5 heteroatoms. The molecule has 0 fully saturated rings. The highest BCUT2D eigenvalue weighted by Gasteiger charge is 2.09. The molecule has 1 aromatic heterocycles. The number of para-hydroxylation sites is 1. The lowest BCUT2D eigenvalue weighted by atomic mass is 10.1. The van der Waals surface area contributed by atoms with Gasteiger partial charge in [0, 0.05) is 29.6 Å². The standard InChI is InChI=1S/C15H18N2O3/c1-10-11(12-4-2-3-5-13(12)17-10)8-9-16-14(18)6-7-15(19)20/h2-5,17H,6-9H2,1H3,(H,16,18)(H,19,20). The van der Waals surface area contributed by atoms with Gasteiger partial charge in [-0.05, 0) is 25.0 Å². The Morgan fingerprint density at radius 1 is 1.25 bits per heavy atom. The molecule has 0 aliphatic rings. The molecule has 0 unspecified atom stereocenters. The van der Waals surface area contributed by atoms with Crippen LogP contribution in [0.3, 0.4) is 0 Å². The number of rotatable bonds is 6. The summed E-state index contributed by atoms with van der Waals surface area (Å²) in [5.74, 6) is -1.17. The number of aromatic amines is 1. The number of benzene rings is 1. The zero-order chi connectivity index (χ0) is 14.5. The van der Waals surface area contributed by atoms with Gasteiger partial charge in [-0.3, -0.25) is 9.59 Å². The van der Waals surface area contributed by atoms with Crippen LogP contribution in [-0.2, 0) is 16.0 Å². The van der Waals surface area contributed by atoms with Crippen molar-refractivity contribution < 1.29 is 14.7 Å². The number of aromatic nitrogens is 1. The zero-order valence-corrected chi connectivity index (χ0v) is 11.4. The largest absolute Gasteiger partial charge is 0.481 e. The van der Waals surface area contributed by atoms with Gasteiger partial charge in [0.15, 0.2) is 0 Å². The van der Waals surface area contributed by atoms with Crippen LogP contribution >= 0.6 is 0 Å². The second kappa shape index (κ2) is 6.23. The minimum Gasteiger partial charge on any atom is -0.481 e. The van der Waals surface area contributed by atoms with Crippen molar-refractivity contribution in [1.82, 2.24) is 10.3 Å². The van der Waals surface area contributed by atoms with E-state index in [1.807, 2.05) is 25.1 Å². The number of hydrogen-bond acceptors (Lipinski definition) is 2. The summed E-state index contributed by atoms with van der Waals surface area (Å²) in [7, 11) is 0. The van der Waals surface area contributed by atoms with Crippen molar-refractivity contribution >= 4 is 22.8 Å². The topological polar surface area (TPSA) is 82.2 Å². The van der Waals surface area contributed by atoms with Crippen LogP contribution in [0, 0.1) is 6.92 Å². The van der Waals surface area contributed by atoms with Crippen molar-refractivity contribution in [1.29, 1.82) is 0 Å². The van der Waals surface area contributed by atoms with E-state index in [-0.39, 0.29) is 18.7 Å². The number of H-pyrrole nitrogens is 1. The Hall–Kier alpha value is -2.30. The lowest BCUT2D eigenvalue weighted by Crippen LogP contribution is -2.26. The first kappa shape index (κ1) is 14.1. The average molecular weight is 274 g/mol. The monoisotopic (exact) mass is 274 g/mol. The second-order valence-corrected chi connectivity index (χ2v) is 4.77. The van der Waals surface area contributed by atoms with Gasteiger partial charge in [0.05, 0.1) is 6.42 Å². The van der Waals surface area contributed by atoms with Crippen LogP contribution in [0.5, 0.6) is 0 Å². The maximum Gasteiger partial charge on any atom is 0.303 e. The van der Waals surface area contributed by atoms with E-state index in [0.717, 1.165) is 17.6 Å². The molecule has 0 atom stereocenters. The number of aryl methyl sites for hydroxylation is 1. The molecule has 0 aliphatic carbocycles. The predicted octanol–water partition coefficient (Wildman–Crippen LogP) is 2.00. The Kier molecular flexibility index (Phi) is 4.40. The fourth-order valence-corrected chi connectivity index (χ4v) is 2.29. The molecule has 3 N–H and O–H groups in total. The number of hydrogen-bond donors (Lipinski definition) is 3. The summed E-state index contributed by atoms with van der Waals surface area (Å²) >= 11 is 0. The molecule has 0 saturated heterocycles. The van der Waals surface area contributed by atoms with Crippen LogP contribution in [-0.4, -0.2) is 28.5 Å². The first-order chi connectivity index (χ1) is 9.58. The Morgan fingerprint density at radius 3 is 2.75 bits per heavy atom. The Balaban J connectivity index is 1.91. The number of carboxylic acid groups (broad SMARTS) is 1. The van der Waals surface area contributed by atoms with Gasteiger partial charge in [-0.25, -0.2) is 0 Å². The van der Waals surface area contributed by atoms with E-state index in [4.69, 9.17) is 5.11 Å². The molecular weight excluding hydrogens is 256 g/mol. The van der Waals surface area contributed by atoms with E-state index in [0.29, 0.717) is 6.54 Å². The van der Waals surface area contributed by atoms with Crippen LogP contribution in [0.1, 0.15) is 24.1 Å². The first-order valence-electron chi connectivity index (χ1n) is 6.62. The highest BCUT2D eigenvalue weighted by atomic mass is 16.4. The number of nitrogens with one attached hydrogen (secondary N) is 2. The Labute approximate surface area is 117 Å². The van der Waals surface area contributed by atoms with Crippen molar-refractivity contribution in [3.8, 4) is 0 Å². The molecule has 2 rings (SSSR count). The molecule has 1 amide bonds. The normalized spacial score (nSPS) is 10.7. The summed E-state index contributed by atoms with van der Waals surface area (Å²) in [6, 6.07) is 8.05. The van der Waals surface area contributed by atoms with E-state index in [1.165, 1.54) is 10.9 Å². The smallest absolute Gasteiger partial charge is 0.303 e. The van der Waals surface area contributed by atoms with Gasteiger partial charge < -0.3 is 15.4 Å². The van der Waals surface area contributed by atoms with E-state index in [9.17, 15) is 9.59 Å². The highest BCUT2D eigenvalue weighted by molar-refractivity contribution is 5.84. The van der Waals surface area contributed by atoms with Crippen LogP contribution < -0.4 is 5.32 Å². The van der Waals surface area contributed by atoms with Crippen LogP contribution in [0.25, 0.3) is 10.9 Å². The number of fused-ring (bicyclic) bond motifs is 1. The second-order valence-electron chi connectivity index (χ2n) is 4.77. The predicted molar refractivity (Wildman–Crippen MR) is 76.6 cm³/mol. The lowest BCUT2D eigenvalue weighted by Gasteiger charge is -2.05. The molecular formula is C15H18N2O3. The zero-order valence-electron chi connectivity index (χ0n) is 11.4. The fourth-order valence-electron chi connectivity index (χ4n) is 2.29. The van der Waals surface area contributed by atoms with Crippen molar-refractivity contribution in [2.75, 3.05) is 6.54 Å². The molecule has 0 aliphatic heterocycles. The van der Waals surface area contributed by atoms with Crippen molar-refractivity contribution in [2.24, 2.45) is 0 Å². The fraction of sp³-hybridized carbons (Fsp3) is 0.333. The molecule has 0 radical (unpaired) electrons. The van der Waals surface area contributed by atoms with Gasteiger partial charge in [-0.15, -0.1) is 0 Å². The minimum absolute atomic E-state index is 0.0300. The van der Waals surface area contributed by atoms with Crippen LogP contribution in [0.2, 0.25) is 0 Å². The third-order valence-electron chi connectivity index (χ3n) is 3.29. The average Bonchev–Trinajstić information content (AvgIpc) is 2.73. The molecule has 0 saturated carbocycles. The Bertz CT molecular complexity index is 631. The maximum atomic E-state index is 11.4. The summed E-state index contributed by atoms with van der Waals surface area (Å²) in [4.78, 5) is 25.1.